The molecule has 184 valence electrons. The van der Waals surface area contributed by atoms with E-state index in [4.69, 9.17) is 0 Å². The number of amides is 1. The van der Waals surface area contributed by atoms with Crippen LogP contribution in [0.1, 0.15) is 36.9 Å². The molecule has 1 unspecified atom stereocenters. The molecule has 2 N–H and O–H groups in total. The lowest BCUT2D eigenvalue weighted by Crippen LogP contribution is -2.43. The van der Waals surface area contributed by atoms with Gasteiger partial charge in [-0.3, -0.25) is 9.69 Å². The van der Waals surface area contributed by atoms with Crippen LogP contribution in [0.4, 0.5) is 10.1 Å². The molecule has 3 aromatic carbocycles. The van der Waals surface area contributed by atoms with Gasteiger partial charge in [0.25, 0.3) is 0 Å². The quantitative estimate of drug-likeness (QED) is 0.553. The van der Waals surface area contributed by atoms with Gasteiger partial charge in [0.2, 0.25) is 5.91 Å². The van der Waals surface area contributed by atoms with E-state index in [1.165, 1.54) is 22.4 Å². The van der Waals surface area contributed by atoms with Gasteiger partial charge in [-0.15, -0.1) is 0 Å². The van der Waals surface area contributed by atoms with Gasteiger partial charge < -0.3 is 15.5 Å². The molecule has 0 aromatic heterocycles. The number of benzene rings is 3. The lowest BCUT2D eigenvalue weighted by atomic mass is 9.92. The highest BCUT2D eigenvalue weighted by Crippen LogP contribution is 2.31. The molecule has 0 aliphatic carbocycles. The first-order valence-corrected chi connectivity index (χ1v) is 12.8. The molecule has 0 spiro atoms. The third-order valence-corrected chi connectivity index (χ3v) is 7.61. The number of anilines is 1. The number of hydrogen-bond acceptors (Lipinski definition) is 4. The second kappa shape index (κ2) is 10.8. The number of piperazine rings is 1. The number of rotatable bonds is 6. The van der Waals surface area contributed by atoms with Gasteiger partial charge in [-0.25, -0.2) is 4.39 Å². The van der Waals surface area contributed by atoms with Gasteiger partial charge in [0, 0.05) is 50.4 Å². The summed E-state index contributed by atoms with van der Waals surface area (Å²) in [6.07, 6.45) is 1.69. The minimum absolute atomic E-state index is 0.00664. The van der Waals surface area contributed by atoms with E-state index in [1.54, 1.807) is 6.07 Å². The van der Waals surface area contributed by atoms with Crippen molar-refractivity contribution in [2.45, 2.75) is 32.4 Å². The fraction of sp³-hybridized carbons (Fsp3) is 0.414. The third-order valence-electron chi connectivity index (χ3n) is 7.61. The van der Waals surface area contributed by atoms with E-state index in [9.17, 15) is 9.18 Å². The standard InChI is InChI=1S/C29H35FN4O/c1-21(27-8-4-6-23-5-2-3-7-28(23)27)33-13-9-24(10-14-33)29(35)32-20-22-17-25(30)19-26(18-22)34-15-11-31-12-16-34/h2-8,17-19,21,24,31H,9-16,20H2,1H3,(H,32,35). The van der Waals surface area contributed by atoms with Crippen molar-refractivity contribution in [3.05, 3.63) is 77.6 Å². The Morgan fingerprint density at radius 2 is 1.77 bits per heavy atom. The summed E-state index contributed by atoms with van der Waals surface area (Å²) in [5.41, 5.74) is 3.05. The summed E-state index contributed by atoms with van der Waals surface area (Å²) in [7, 11) is 0. The molecule has 6 heteroatoms. The number of hydrogen-bond donors (Lipinski definition) is 2. The van der Waals surface area contributed by atoms with Gasteiger partial charge in [-0.2, -0.15) is 0 Å². The molecule has 0 radical (unpaired) electrons. The fourth-order valence-electron chi connectivity index (χ4n) is 5.53. The van der Waals surface area contributed by atoms with Crippen LogP contribution in [-0.2, 0) is 11.3 Å². The van der Waals surface area contributed by atoms with E-state index in [2.05, 4.69) is 69.8 Å². The highest BCUT2D eigenvalue weighted by molar-refractivity contribution is 5.86. The van der Waals surface area contributed by atoms with E-state index in [0.717, 1.165) is 63.4 Å². The smallest absolute Gasteiger partial charge is 0.223 e. The van der Waals surface area contributed by atoms with Gasteiger partial charge in [-0.1, -0.05) is 42.5 Å². The Morgan fingerprint density at radius 3 is 2.57 bits per heavy atom. The number of fused-ring (bicyclic) bond motifs is 1. The molecule has 2 heterocycles. The van der Waals surface area contributed by atoms with Gasteiger partial charge >= 0.3 is 0 Å². The molecular formula is C29H35FN4O. The summed E-state index contributed by atoms with van der Waals surface area (Å²) in [5, 5.41) is 8.96. The first-order chi connectivity index (χ1) is 17.1. The highest BCUT2D eigenvalue weighted by atomic mass is 19.1. The Bertz CT molecular complexity index is 1160. The van der Waals surface area contributed by atoms with Crippen LogP contribution in [-0.4, -0.2) is 50.1 Å². The molecule has 2 aliphatic heterocycles. The summed E-state index contributed by atoms with van der Waals surface area (Å²) in [5.74, 6) is -0.163. The predicted octanol–water partition coefficient (Wildman–Crippen LogP) is 4.48. The first kappa shape index (κ1) is 23.8. The summed E-state index contributed by atoms with van der Waals surface area (Å²) in [6.45, 7) is 7.96. The second-order valence-electron chi connectivity index (χ2n) is 9.83. The summed E-state index contributed by atoms with van der Waals surface area (Å²) < 4.78 is 14.3. The molecule has 2 aliphatic rings. The highest BCUT2D eigenvalue weighted by Gasteiger charge is 2.28. The fourth-order valence-corrected chi connectivity index (χ4v) is 5.53. The van der Waals surface area contributed by atoms with Crippen LogP contribution < -0.4 is 15.5 Å². The Morgan fingerprint density at radius 1 is 1.03 bits per heavy atom. The van der Waals surface area contributed by atoms with Crippen LogP contribution in [0.15, 0.2) is 60.7 Å². The number of carbonyl (C=O) groups is 1. The monoisotopic (exact) mass is 474 g/mol. The normalized spacial score (nSPS) is 18.5. The van der Waals surface area contributed by atoms with Crippen molar-refractivity contribution >= 4 is 22.4 Å². The summed E-state index contributed by atoms with van der Waals surface area (Å²) in [4.78, 5) is 17.6. The Hall–Kier alpha value is -2.96. The van der Waals surface area contributed by atoms with E-state index in [1.807, 2.05) is 6.07 Å². The average Bonchev–Trinajstić information content (AvgIpc) is 2.91. The molecule has 2 fully saturated rings. The molecule has 5 nitrogen and oxygen atoms in total. The van der Waals surface area contributed by atoms with Crippen molar-refractivity contribution in [3.63, 3.8) is 0 Å². The number of piperidine rings is 1. The number of nitrogens with zero attached hydrogens (tertiary/aromatic N) is 2. The zero-order chi connectivity index (χ0) is 24.2. The minimum atomic E-state index is -0.249. The van der Waals surface area contributed by atoms with Crippen molar-refractivity contribution in [3.8, 4) is 0 Å². The van der Waals surface area contributed by atoms with Crippen molar-refractivity contribution in [2.24, 2.45) is 5.92 Å². The molecule has 2 saturated heterocycles. The average molecular weight is 475 g/mol. The molecular weight excluding hydrogens is 439 g/mol. The largest absolute Gasteiger partial charge is 0.369 e. The SMILES string of the molecule is CC(c1cccc2ccccc12)N1CCC(C(=O)NCc2cc(F)cc(N3CCNCC3)c2)CC1. The van der Waals surface area contributed by atoms with Gasteiger partial charge in [0.15, 0.2) is 0 Å². The van der Waals surface area contributed by atoms with Gasteiger partial charge in [0.05, 0.1) is 0 Å². The zero-order valence-corrected chi connectivity index (χ0v) is 20.5. The van der Waals surface area contributed by atoms with Gasteiger partial charge in [-0.05, 0) is 73.0 Å². The number of likely N-dealkylation sites (tertiary alicyclic amines) is 1. The number of halogens is 1. The van der Waals surface area contributed by atoms with Crippen LogP contribution in [0.5, 0.6) is 0 Å². The van der Waals surface area contributed by atoms with E-state index in [-0.39, 0.29) is 17.6 Å². The molecule has 35 heavy (non-hydrogen) atoms. The van der Waals surface area contributed by atoms with Crippen molar-refractivity contribution in [1.82, 2.24) is 15.5 Å². The van der Waals surface area contributed by atoms with Crippen molar-refractivity contribution in [2.75, 3.05) is 44.2 Å². The summed E-state index contributed by atoms with van der Waals surface area (Å²) >= 11 is 0. The van der Waals surface area contributed by atoms with Crippen LogP contribution in [0, 0.1) is 11.7 Å². The van der Waals surface area contributed by atoms with Crippen LogP contribution >= 0.6 is 0 Å². The van der Waals surface area contributed by atoms with E-state index in [0.29, 0.717) is 12.6 Å². The van der Waals surface area contributed by atoms with E-state index < -0.39 is 0 Å². The zero-order valence-electron chi connectivity index (χ0n) is 20.5. The molecule has 1 amide bonds. The van der Waals surface area contributed by atoms with Crippen LogP contribution in [0.3, 0.4) is 0 Å². The van der Waals surface area contributed by atoms with Crippen LogP contribution in [0.25, 0.3) is 10.8 Å². The lowest BCUT2D eigenvalue weighted by Gasteiger charge is -2.36. The maximum Gasteiger partial charge on any atom is 0.223 e. The molecule has 0 bridgehead atoms. The predicted molar refractivity (Wildman–Crippen MR) is 140 cm³/mol. The molecule has 3 aromatic rings. The van der Waals surface area contributed by atoms with Gasteiger partial charge in [0.1, 0.15) is 5.82 Å². The topological polar surface area (TPSA) is 47.6 Å². The Balaban J connectivity index is 1.16. The minimum Gasteiger partial charge on any atom is -0.369 e. The molecule has 1 atom stereocenters. The van der Waals surface area contributed by atoms with Crippen LogP contribution in [0.2, 0.25) is 0 Å². The van der Waals surface area contributed by atoms with Crippen molar-refractivity contribution < 1.29 is 9.18 Å². The Kier molecular flexibility index (Phi) is 7.30. The Labute approximate surface area is 207 Å². The number of nitrogens with one attached hydrogen (secondary N) is 2. The van der Waals surface area contributed by atoms with Crippen molar-refractivity contribution in [1.29, 1.82) is 0 Å². The van der Waals surface area contributed by atoms with E-state index >= 15 is 0 Å². The number of carbonyl (C=O) groups excluding carboxylic acids is 1. The lowest BCUT2D eigenvalue weighted by molar-refractivity contribution is -0.126. The third kappa shape index (κ3) is 5.49. The molecule has 5 rings (SSSR count). The second-order valence-corrected chi connectivity index (χ2v) is 9.83. The maximum absolute atomic E-state index is 14.3. The summed E-state index contributed by atoms with van der Waals surface area (Å²) in [6, 6.07) is 20.5. The first-order valence-electron chi connectivity index (χ1n) is 12.8. The molecule has 0 saturated carbocycles. The maximum atomic E-state index is 14.3.